The van der Waals surface area contributed by atoms with Crippen molar-refractivity contribution in [3.05, 3.63) is 425 Å². The Hall–Kier alpha value is -15.0. The first-order chi connectivity index (χ1) is 55.5. The molecule has 0 bridgehead atoms. The van der Waals surface area contributed by atoms with E-state index >= 15 is 0 Å². The summed E-state index contributed by atoms with van der Waals surface area (Å²) in [7, 11) is 0. The maximum atomic E-state index is 6.26. The molecule has 0 saturated heterocycles. The van der Waals surface area contributed by atoms with Crippen LogP contribution in [-0.4, -0.2) is 9.13 Å². The van der Waals surface area contributed by atoms with Gasteiger partial charge in [-0.3, -0.25) is 0 Å². The van der Waals surface area contributed by atoms with Crippen LogP contribution in [0.25, 0.3) is 165 Å². The normalized spacial score (nSPS) is 11.6. The van der Waals surface area contributed by atoms with Gasteiger partial charge in [0.05, 0.1) is 22.1 Å². The first kappa shape index (κ1) is 65.3. The summed E-state index contributed by atoms with van der Waals surface area (Å²) in [5, 5.41) is 11.8. The van der Waals surface area contributed by atoms with Crippen LogP contribution < -0.4 is 9.80 Å². The third-order valence-corrected chi connectivity index (χ3v) is 22.1. The predicted octanol–water partition coefficient (Wildman–Crippen LogP) is 29.8. The molecule has 6 nitrogen and oxygen atoms in total. The van der Waals surface area contributed by atoms with E-state index in [4.69, 9.17) is 8.83 Å². The fourth-order valence-corrected chi connectivity index (χ4v) is 16.8. The van der Waals surface area contributed by atoms with E-state index in [0.29, 0.717) is 0 Å². The Kier molecular flexibility index (Phi) is 16.1. The number of benzene rings is 18. The molecule has 0 atom stereocenters. The summed E-state index contributed by atoms with van der Waals surface area (Å²) in [6, 6.07) is 152. The molecule has 0 aliphatic heterocycles. The first-order valence-electron chi connectivity index (χ1n) is 38.2. The Balaban J connectivity index is 0.000000142. The minimum Gasteiger partial charge on any atom is -0.456 e. The van der Waals surface area contributed by atoms with Crippen molar-refractivity contribution in [1.29, 1.82) is 0 Å². The summed E-state index contributed by atoms with van der Waals surface area (Å²) in [4.78, 5) is 4.75. The van der Waals surface area contributed by atoms with E-state index in [1.165, 1.54) is 65.5 Å². The summed E-state index contributed by atoms with van der Waals surface area (Å²) in [5.41, 5.74) is 28.7. The van der Waals surface area contributed by atoms with Gasteiger partial charge in [-0.25, -0.2) is 0 Å². The molecule has 22 rings (SSSR count). The summed E-state index contributed by atoms with van der Waals surface area (Å²) >= 11 is 0. The van der Waals surface area contributed by atoms with Crippen molar-refractivity contribution in [2.75, 3.05) is 9.80 Å². The van der Waals surface area contributed by atoms with Crippen LogP contribution in [0.1, 0.15) is 0 Å². The Labute approximate surface area is 647 Å². The van der Waals surface area contributed by atoms with Crippen molar-refractivity contribution in [1.82, 2.24) is 9.13 Å². The average Bonchev–Trinajstić information content (AvgIpc) is 1.63. The van der Waals surface area contributed by atoms with Crippen molar-refractivity contribution in [3.63, 3.8) is 0 Å². The van der Waals surface area contributed by atoms with E-state index in [1.807, 2.05) is 24.3 Å². The number of aromatic nitrogens is 2. The number of hydrogen-bond acceptors (Lipinski definition) is 4. The fraction of sp³-hybridized carbons (Fsp3) is 0. The second-order valence-electron chi connectivity index (χ2n) is 28.8. The van der Waals surface area contributed by atoms with Crippen molar-refractivity contribution in [2.45, 2.75) is 0 Å². The van der Waals surface area contributed by atoms with Crippen molar-refractivity contribution < 1.29 is 8.83 Å². The van der Waals surface area contributed by atoms with E-state index in [9.17, 15) is 0 Å². The van der Waals surface area contributed by atoms with Crippen LogP contribution in [0.2, 0.25) is 0 Å². The maximum absolute atomic E-state index is 6.26. The Bertz CT molecular complexity index is 7300. The molecule has 0 spiro atoms. The van der Waals surface area contributed by atoms with E-state index < -0.39 is 0 Å². The lowest BCUT2D eigenvalue weighted by molar-refractivity contribution is 0.668. The minimum atomic E-state index is 0.890. The number of fused-ring (bicyclic) bond motifs is 13. The van der Waals surface area contributed by atoms with Crippen LogP contribution in [0.5, 0.6) is 0 Å². The number of anilines is 6. The van der Waals surface area contributed by atoms with Crippen molar-refractivity contribution in [3.8, 4) is 67.0 Å². The second kappa shape index (κ2) is 27.7. The highest BCUT2D eigenvalue weighted by Gasteiger charge is 2.23. The van der Waals surface area contributed by atoms with Gasteiger partial charge in [0, 0.05) is 88.6 Å². The number of hydrogen-bond donors (Lipinski definition) is 0. The molecule has 0 N–H and O–H groups in total. The van der Waals surface area contributed by atoms with Gasteiger partial charge in [-0.05, 0) is 248 Å². The first-order valence-corrected chi connectivity index (χ1v) is 38.2. The van der Waals surface area contributed by atoms with Gasteiger partial charge < -0.3 is 27.8 Å². The standard InChI is InChI=1S/C54H36N2O.C52H34N2O/c1-4-14-37(15-5-1)38-24-28-45(29-25-38)55(43-16-6-2-7-17-43)46-33-41(32-42(34-46)40-27-31-54-50(36-40)48-21-11-13-23-53(48)57-54)39-26-30-52-49(35-39)47-20-10-12-22-51(47)56(52)44-18-8-3-9-19-44;1-3-15-41(16-4-1)53(43-26-23-35-13-7-8-14-36(35)30-43)44-31-39(29-40(32-44)38-25-28-52-48(34-38)46-20-10-12-22-51(46)55-52)37-24-27-50-47(33-37)45-19-9-11-21-49(45)54(50)42-17-5-2-6-18-42/h1-36H;1-34H. The van der Waals surface area contributed by atoms with E-state index in [1.54, 1.807) is 0 Å². The van der Waals surface area contributed by atoms with Gasteiger partial charge in [0.15, 0.2) is 0 Å². The lowest BCUT2D eigenvalue weighted by atomic mass is 9.95. The van der Waals surface area contributed by atoms with Gasteiger partial charge in [-0.2, -0.15) is 0 Å². The van der Waals surface area contributed by atoms with E-state index in [-0.39, 0.29) is 0 Å². The third kappa shape index (κ3) is 11.8. The molecule has 0 aliphatic rings. The topological polar surface area (TPSA) is 42.6 Å². The Morgan fingerprint density at radius 2 is 0.482 bits per heavy atom. The third-order valence-electron chi connectivity index (χ3n) is 22.1. The quantitative estimate of drug-likeness (QED) is 0.115. The van der Waals surface area contributed by atoms with Gasteiger partial charge in [0.1, 0.15) is 22.3 Å². The van der Waals surface area contributed by atoms with Gasteiger partial charge in [-0.1, -0.05) is 243 Å². The highest BCUT2D eigenvalue weighted by Crippen LogP contribution is 2.47. The molecule has 0 unspecified atom stereocenters. The number of nitrogens with zero attached hydrogens (tertiary/aromatic N) is 4. The van der Waals surface area contributed by atoms with Crippen molar-refractivity contribution >= 4 is 132 Å². The zero-order valence-corrected chi connectivity index (χ0v) is 61.0. The largest absolute Gasteiger partial charge is 0.456 e. The van der Waals surface area contributed by atoms with Crippen molar-refractivity contribution in [2.24, 2.45) is 0 Å². The smallest absolute Gasteiger partial charge is 0.135 e. The molecule has 0 fully saturated rings. The van der Waals surface area contributed by atoms with Gasteiger partial charge in [-0.15, -0.1) is 0 Å². The molecule has 0 amide bonds. The van der Waals surface area contributed by atoms with Crippen LogP contribution in [0.4, 0.5) is 34.1 Å². The van der Waals surface area contributed by atoms with E-state index in [0.717, 1.165) is 134 Å². The molecule has 0 saturated carbocycles. The summed E-state index contributed by atoms with van der Waals surface area (Å²) in [5.74, 6) is 0. The highest BCUT2D eigenvalue weighted by molar-refractivity contribution is 6.13. The molecule has 4 aromatic heterocycles. The number of rotatable bonds is 13. The maximum Gasteiger partial charge on any atom is 0.135 e. The molecular formula is C106H70N4O2. The molecule has 526 valence electrons. The zero-order valence-electron chi connectivity index (χ0n) is 61.0. The molecular weight excluding hydrogens is 1360 g/mol. The Morgan fingerprint density at radius 3 is 0.955 bits per heavy atom. The van der Waals surface area contributed by atoms with Gasteiger partial charge >= 0.3 is 0 Å². The lowest BCUT2D eigenvalue weighted by Gasteiger charge is -2.27. The Morgan fingerprint density at radius 1 is 0.161 bits per heavy atom. The monoisotopic (exact) mass is 1430 g/mol. The second-order valence-corrected chi connectivity index (χ2v) is 28.8. The number of furan rings is 2. The lowest BCUT2D eigenvalue weighted by Crippen LogP contribution is -2.10. The highest BCUT2D eigenvalue weighted by atomic mass is 16.3. The summed E-state index contributed by atoms with van der Waals surface area (Å²) in [6.45, 7) is 0. The van der Waals surface area contributed by atoms with Crippen LogP contribution in [0.15, 0.2) is 433 Å². The molecule has 22 aromatic rings. The molecule has 6 heteroatoms. The molecule has 18 aromatic carbocycles. The van der Waals surface area contributed by atoms with Crippen LogP contribution in [0.3, 0.4) is 0 Å². The molecule has 0 radical (unpaired) electrons. The van der Waals surface area contributed by atoms with Crippen LogP contribution >= 0.6 is 0 Å². The molecule has 112 heavy (non-hydrogen) atoms. The van der Waals surface area contributed by atoms with E-state index in [2.05, 4.69) is 419 Å². The van der Waals surface area contributed by atoms with Crippen LogP contribution in [0, 0.1) is 0 Å². The SMILES string of the molecule is c1ccc(-c2ccc(N(c3ccccc3)c3cc(-c4ccc5oc6ccccc6c5c4)cc(-c4ccc5c(c4)c4ccccc4n5-c4ccccc4)c3)cc2)cc1.c1ccc(N(c2cc(-c3ccc4oc5ccccc5c4c3)cc(-c3ccc4c(c3)c3ccccc3n4-c3ccccc3)c2)c2ccc3ccccc3c2)cc1. The fourth-order valence-electron chi connectivity index (χ4n) is 16.8. The number of para-hydroxylation sites is 8. The average molecular weight is 1430 g/mol. The summed E-state index contributed by atoms with van der Waals surface area (Å²) < 4.78 is 17.2. The van der Waals surface area contributed by atoms with Gasteiger partial charge in [0.25, 0.3) is 0 Å². The summed E-state index contributed by atoms with van der Waals surface area (Å²) in [6.07, 6.45) is 0. The molecule has 0 aliphatic carbocycles. The van der Waals surface area contributed by atoms with Crippen LogP contribution in [-0.2, 0) is 0 Å². The minimum absolute atomic E-state index is 0.890. The molecule has 4 heterocycles. The predicted molar refractivity (Wildman–Crippen MR) is 470 cm³/mol. The van der Waals surface area contributed by atoms with Gasteiger partial charge in [0.2, 0.25) is 0 Å². The zero-order chi connectivity index (χ0) is 74.0.